The number of aryl methyl sites for hydroxylation is 1. The molecule has 44 heavy (non-hydrogen) atoms. The molecule has 0 aliphatic carbocycles. The molecule has 4 aromatic rings. The molecule has 0 aliphatic heterocycles. The van der Waals surface area contributed by atoms with Gasteiger partial charge in [0.15, 0.2) is 10.6 Å². The molecule has 0 fully saturated rings. The Bertz CT molecular complexity index is 1510. The molecule has 0 unspecified atom stereocenters. The van der Waals surface area contributed by atoms with Crippen molar-refractivity contribution in [2.75, 3.05) is 18.5 Å². The van der Waals surface area contributed by atoms with E-state index in [0.717, 1.165) is 48.4 Å². The second-order valence-corrected chi connectivity index (χ2v) is 11.5. The molecule has 0 saturated heterocycles. The average Bonchev–Trinajstić information content (AvgIpc) is 3.46. The number of hydrogen-bond acceptors (Lipinski definition) is 5. The number of carbonyl (C=O) groups is 1. The lowest BCUT2D eigenvalue weighted by Crippen LogP contribution is -2.11. The molecule has 4 rings (SSSR count). The molecule has 1 N–H and O–H groups in total. The van der Waals surface area contributed by atoms with Crippen LogP contribution in [0.1, 0.15) is 44.4 Å². The quantitative estimate of drug-likeness (QED) is 0.0786. The van der Waals surface area contributed by atoms with Gasteiger partial charge in [-0.2, -0.15) is 0 Å². The Balaban J connectivity index is 1.42. The highest BCUT2D eigenvalue weighted by molar-refractivity contribution is 7.90. The number of ether oxygens (including phenoxy) is 2. The van der Waals surface area contributed by atoms with Crippen molar-refractivity contribution in [2.24, 2.45) is 0 Å². The average molecular weight is 622 g/mol. The highest BCUT2D eigenvalue weighted by Crippen LogP contribution is 2.29. The van der Waals surface area contributed by atoms with Crippen molar-refractivity contribution in [3.05, 3.63) is 96.6 Å². The van der Waals surface area contributed by atoms with Gasteiger partial charge >= 0.3 is 0 Å². The van der Waals surface area contributed by atoms with Crippen molar-refractivity contribution < 1.29 is 27.6 Å². The lowest BCUT2D eigenvalue weighted by molar-refractivity contribution is -0.111. The maximum absolute atomic E-state index is 12.9. The SMILES string of the molecule is CCCCOc1ccc(-c2ccc(OCC(F)F)c(/C=C/C(=O)Nc3ccc([S@@+]([O-])Cc4cncn4CCC)cc3)c2)cc1. The smallest absolute Gasteiger partial charge is 0.272 e. The number of alkyl halides is 2. The van der Waals surface area contributed by atoms with Gasteiger partial charge in [0, 0.05) is 23.9 Å². The van der Waals surface area contributed by atoms with Crippen LogP contribution in [0.3, 0.4) is 0 Å². The predicted molar refractivity (Wildman–Crippen MR) is 171 cm³/mol. The topological polar surface area (TPSA) is 88.4 Å². The van der Waals surface area contributed by atoms with E-state index in [1.54, 1.807) is 55.0 Å². The minimum absolute atomic E-state index is 0.240. The number of carbonyl (C=O) groups excluding carboxylic acids is 1. The summed E-state index contributed by atoms with van der Waals surface area (Å²) in [7, 11) is 0. The van der Waals surface area contributed by atoms with E-state index in [9.17, 15) is 18.1 Å². The first-order chi connectivity index (χ1) is 21.4. The number of unbranched alkanes of at least 4 members (excludes halogenated alkanes) is 1. The van der Waals surface area contributed by atoms with Gasteiger partial charge in [-0.15, -0.1) is 0 Å². The van der Waals surface area contributed by atoms with Crippen LogP contribution in [0.15, 0.2) is 90.2 Å². The van der Waals surface area contributed by atoms with Crippen LogP contribution in [0, 0.1) is 0 Å². The number of hydrogen-bond donors (Lipinski definition) is 1. The van der Waals surface area contributed by atoms with E-state index in [1.165, 1.54) is 12.2 Å². The summed E-state index contributed by atoms with van der Waals surface area (Å²) in [5.74, 6) is 0.945. The van der Waals surface area contributed by atoms with E-state index in [4.69, 9.17) is 9.47 Å². The molecule has 1 heterocycles. The number of aromatic nitrogens is 2. The van der Waals surface area contributed by atoms with Gasteiger partial charge in [-0.3, -0.25) is 4.79 Å². The molecular weight excluding hydrogens is 584 g/mol. The number of nitrogens with one attached hydrogen (secondary N) is 1. The van der Waals surface area contributed by atoms with Crippen LogP contribution in [-0.2, 0) is 28.3 Å². The lowest BCUT2D eigenvalue weighted by Gasteiger charge is -2.13. The molecule has 1 amide bonds. The molecule has 1 aromatic heterocycles. The minimum atomic E-state index is -2.63. The number of nitrogens with zero attached hydrogens (tertiary/aromatic N) is 2. The Morgan fingerprint density at radius 1 is 1.02 bits per heavy atom. The third kappa shape index (κ3) is 9.68. The Hall–Kier alpha value is -4.15. The van der Waals surface area contributed by atoms with Gasteiger partial charge in [-0.05, 0) is 89.8 Å². The zero-order valence-corrected chi connectivity index (χ0v) is 25.7. The summed E-state index contributed by atoms with van der Waals surface area (Å²) >= 11 is -1.27. The Morgan fingerprint density at radius 2 is 1.77 bits per heavy atom. The maximum Gasteiger partial charge on any atom is 0.272 e. The van der Waals surface area contributed by atoms with Crippen molar-refractivity contribution >= 4 is 28.8 Å². The summed E-state index contributed by atoms with van der Waals surface area (Å²) in [6.07, 6.45) is 6.68. The highest BCUT2D eigenvalue weighted by Gasteiger charge is 2.15. The first-order valence-corrected chi connectivity index (χ1v) is 15.9. The van der Waals surface area contributed by atoms with Crippen LogP contribution in [0.25, 0.3) is 17.2 Å². The number of halogens is 2. The normalized spacial score (nSPS) is 12.0. The molecule has 7 nitrogen and oxygen atoms in total. The van der Waals surface area contributed by atoms with E-state index in [-0.39, 0.29) is 5.75 Å². The Labute approximate surface area is 260 Å². The van der Waals surface area contributed by atoms with Gasteiger partial charge in [0.2, 0.25) is 5.91 Å². The van der Waals surface area contributed by atoms with Gasteiger partial charge in [0.05, 0.1) is 24.8 Å². The third-order valence-corrected chi connectivity index (χ3v) is 8.03. The second-order valence-electron chi connectivity index (χ2n) is 10.1. The fourth-order valence-electron chi connectivity index (χ4n) is 4.39. The highest BCUT2D eigenvalue weighted by atomic mass is 32.2. The van der Waals surface area contributed by atoms with E-state index in [2.05, 4.69) is 24.1 Å². The molecule has 232 valence electrons. The second kappa shape index (κ2) is 16.6. The van der Waals surface area contributed by atoms with Crippen LogP contribution in [0.2, 0.25) is 0 Å². The van der Waals surface area contributed by atoms with Crippen LogP contribution in [-0.4, -0.2) is 39.7 Å². The number of benzene rings is 3. The van der Waals surface area contributed by atoms with Gasteiger partial charge in [0.1, 0.15) is 18.1 Å². The third-order valence-electron chi connectivity index (χ3n) is 6.67. The zero-order valence-electron chi connectivity index (χ0n) is 24.9. The lowest BCUT2D eigenvalue weighted by atomic mass is 10.0. The Morgan fingerprint density at radius 3 is 2.48 bits per heavy atom. The van der Waals surface area contributed by atoms with Crippen LogP contribution in [0.4, 0.5) is 14.5 Å². The summed E-state index contributed by atoms with van der Waals surface area (Å²) < 4.78 is 51.7. The molecule has 10 heteroatoms. The van der Waals surface area contributed by atoms with Crippen LogP contribution < -0.4 is 14.8 Å². The molecular formula is C34H37F2N3O4S. The number of rotatable bonds is 16. The summed E-state index contributed by atoms with van der Waals surface area (Å²) in [5, 5.41) is 2.78. The largest absolute Gasteiger partial charge is 0.611 e. The van der Waals surface area contributed by atoms with Gasteiger partial charge < -0.3 is 23.9 Å². The Kier molecular flexibility index (Phi) is 12.4. The minimum Gasteiger partial charge on any atom is -0.611 e. The summed E-state index contributed by atoms with van der Waals surface area (Å²) in [5.41, 5.74) is 3.65. The van der Waals surface area contributed by atoms with E-state index < -0.39 is 30.1 Å². The van der Waals surface area contributed by atoms with Gasteiger partial charge in [0.25, 0.3) is 6.43 Å². The molecule has 0 bridgehead atoms. The summed E-state index contributed by atoms with van der Waals surface area (Å²) in [4.78, 5) is 17.6. The molecule has 0 radical (unpaired) electrons. The standard InChI is InChI=1S/C34H37F2N3O4S/c1-3-5-19-42-30-12-6-25(7-13-30)26-8-16-32(43-22-33(35)36)27(20-26)9-17-34(40)38-28-10-14-31(15-11-28)44(41)23-29-21-37-24-39(29)18-4-2/h6-17,20-21,24,33H,3-5,18-19,22-23H2,1-2H3,(H,38,40)/b17-9+/t44-/m0/s1. The fraction of sp³-hybridized carbons (Fsp3) is 0.294. The predicted octanol–water partition coefficient (Wildman–Crippen LogP) is 7.74. The maximum atomic E-state index is 12.9. The van der Waals surface area contributed by atoms with Crippen molar-refractivity contribution in [1.29, 1.82) is 0 Å². The van der Waals surface area contributed by atoms with E-state index in [1.807, 2.05) is 28.8 Å². The number of anilines is 1. The summed E-state index contributed by atoms with van der Waals surface area (Å²) in [6, 6.07) is 19.6. The molecule has 1 atom stereocenters. The van der Waals surface area contributed by atoms with Gasteiger partial charge in [-0.25, -0.2) is 13.8 Å². The van der Waals surface area contributed by atoms with Crippen LogP contribution >= 0.6 is 0 Å². The van der Waals surface area contributed by atoms with Crippen LogP contribution in [0.5, 0.6) is 11.5 Å². The van der Waals surface area contributed by atoms with Crippen molar-refractivity contribution in [3.63, 3.8) is 0 Å². The van der Waals surface area contributed by atoms with Gasteiger partial charge in [-0.1, -0.05) is 38.5 Å². The first kappa shape index (κ1) is 32.8. The van der Waals surface area contributed by atoms with Crippen molar-refractivity contribution in [2.45, 2.75) is 56.7 Å². The zero-order chi connectivity index (χ0) is 31.3. The number of amides is 1. The number of imidazole rings is 1. The molecule has 0 saturated carbocycles. The first-order valence-electron chi connectivity index (χ1n) is 14.6. The summed E-state index contributed by atoms with van der Waals surface area (Å²) in [6.45, 7) is 4.89. The van der Waals surface area contributed by atoms with E-state index >= 15 is 0 Å². The van der Waals surface area contributed by atoms with E-state index in [0.29, 0.717) is 28.5 Å². The molecule has 0 aliphatic rings. The molecule has 3 aromatic carbocycles. The fourth-order valence-corrected chi connectivity index (χ4v) is 5.50. The van der Waals surface area contributed by atoms with Crippen molar-refractivity contribution in [1.82, 2.24) is 9.55 Å². The van der Waals surface area contributed by atoms with Crippen molar-refractivity contribution in [3.8, 4) is 22.6 Å². The monoisotopic (exact) mass is 621 g/mol. The molecule has 0 spiro atoms.